The molecule has 0 saturated carbocycles. The first-order chi connectivity index (χ1) is 9.37. The Bertz CT molecular complexity index is 905. The Balaban J connectivity index is 2.34. The second kappa shape index (κ2) is 4.68. The highest BCUT2D eigenvalue weighted by atomic mass is 32.2. The molecule has 0 spiro atoms. The number of aromatic amines is 1. The number of aromatic nitrogens is 2. The summed E-state index contributed by atoms with van der Waals surface area (Å²) in [7, 11) is -3.57. The number of rotatable bonds is 2. The Morgan fingerprint density at radius 1 is 1.35 bits per heavy atom. The minimum Gasteiger partial charge on any atom is -0.322 e. The zero-order valence-electron chi connectivity index (χ0n) is 10.7. The lowest BCUT2D eigenvalue weighted by Gasteiger charge is -2.11. The molecule has 1 aliphatic rings. The van der Waals surface area contributed by atoms with Gasteiger partial charge in [0.1, 0.15) is 4.83 Å². The number of thiophene rings is 1. The fourth-order valence-corrected chi connectivity index (χ4v) is 4.63. The molecule has 9 heteroatoms. The third-order valence-electron chi connectivity index (χ3n) is 3.27. The fourth-order valence-electron chi connectivity index (χ4n) is 2.49. The highest BCUT2D eigenvalue weighted by molar-refractivity contribution is 7.91. The SMILES string of the molecule is CS(=O)(=O)Nn1c(=S)[nH]c2sc3c(c2c1=O)CCCC3. The molecule has 0 saturated heterocycles. The van der Waals surface area contributed by atoms with E-state index in [2.05, 4.69) is 9.82 Å². The molecule has 0 fully saturated rings. The maximum Gasteiger partial charge on any atom is 0.282 e. The van der Waals surface area contributed by atoms with E-state index in [1.807, 2.05) is 0 Å². The second-order valence-electron chi connectivity index (χ2n) is 4.85. The van der Waals surface area contributed by atoms with Gasteiger partial charge in [0.2, 0.25) is 14.8 Å². The average Bonchev–Trinajstić information content (AvgIpc) is 2.71. The summed E-state index contributed by atoms with van der Waals surface area (Å²) >= 11 is 6.60. The zero-order valence-corrected chi connectivity index (χ0v) is 13.2. The second-order valence-corrected chi connectivity index (χ2v) is 8.07. The highest BCUT2D eigenvalue weighted by Crippen LogP contribution is 2.33. The molecule has 3 rings (SSSR count). The van der Waals surface area contributed by atoms with E-state index in [1.54, 1.807) is 11.3 Å². The number of hydrogen-bond acceptors (Lipinski definition) is 5. The lowest BCUT2D eigenvalue weighted by atomic mass is 9.97. The summed E-state index contributed by atoms with van der Waals surface area (Å²) in [5.74, 6) is 0. The van der Waals surface area contributed by atoms with Crippen molar-refractivity contribution >= 4 is 43.8 Å². The van der Waals surface area contributed by atoms with E-state index >= 15 is 0 Å². The van der Waals surface area contributed by atoms with Crippen LogP contribution in [-0.4, -0.2) is 24.3 Å². The van der Waals surface area contributed by atoms with Crippen molar-refractivity contribution in [2.75, 3.05) is 11.1 Å². The maximum absolute atomic E-state index is 12.5. The summed E-state index contributed by atoms with van der Waals surface area (Å²) in [4.78, 5) is 19.6. The Kier molecular flexibility index (Phi) is 3.22. The molecule has 0 amide bonds. The van der Waals surface area contributed by atoms with Crippen molar-refractivity contribution in [3.63, 3.8) is 0 Å². The molecule has 0 bridgehead atoms. The molecular formula is C11H13N3O3S3. The van der Waals surface area contributed by atoms with Gasteiger partial charge in [0.15, 0.2) is 0 Å². The maximum atomic E-state index is 12.5. The van der Waals surface area contributed by atoms with Crippen molar-refractivity contribution in [2.45, 2.75) is 25.7 Å². The lowest BCUT2D eigenvalue weighted by molar-refractivity contribution is 0.599. The molecule has 2 heterocycles. The van der Waals surface area contributed by atoms with E-state index in [0.717, 1.165) is 47.0 Å². The quantitative estimate of drug-likeness (QED) is 0.817. The highest BCUT2D eigenvalue weighted by Gasteiger charge is 2.20. The van der Waals surface area contributed by atoms with Crippen LogP contribution < -0.4 is 10.4 Å². The third-order valence-corrected chi connectivity index (χ3v) is 5.28. The Morgan fingerprint density at radius 2 is 2.05 bits per heavy atom. The van der Waals surface area contributed by atoms with E-state index in [9.17, 15) is 13.2 Å². The van der Waals surface area contributed by atoms with Crippen molar-refractivity contribution < 1.29 is 8.42 Å². The van der Waals surface area contributed by atoms with Crippen LogP contribution in [0.3, 0.4) is 0 Å². The van der Waals surface area contributed by atoms with E-state index in [4.69, 9.17) is 12.2 Å². The molecule has 1 aliphatic carbocycles. The van der Waals surface area contributed by atoms with Crippen LogP contribution in [0.1, 0.15) is 23.3 Å². The number of nitrogens with one attached hydrogen (secondary N) is 2. The summed E-state index contributed by atoms with van der Waals surface area (Å²) in [6, 6.07) is 0. The van der Waals surface area contributed by atoms with Gasteiger partial charge in [-0.1, -0.05) is 0 Å². The van der Waals surface area contributed by atoms with Crippen molar-refractivity contribution in [3.8, 4) is 0 Å². The molecule has 0 radical (unpaired) electrons. The van der Waals surface area contributed by atoms with Gasteiger partial charge in [0.05, 0.1) is 11.6 Å². The topological polar surface area (TPSA) is 84.0 Å². The Morgan fingerprint density at radius 3 is 2.75 bits per heavy atom. The van der Waals surface area contributed by atoms with Crippen molar-refractivity contribution in [1.82, 2.24) is 9.66 Å². The monoisotopic (exact) mass is 331 g/mol. The van der Waals surface area contributed by atoms with Crippen LogP contribution in [0.4, 0.5) is 0 Å². The molecule has 6 nitrogen and oxygen atoms in total. The molecule has 2 aromatic rings. The van der Waals surface area contributed by atoms with Crippen molar-refractivity contribution in [2.24, 2.45) is 0 Å². The molecular weight excluding hydrogens is 318 g/mol. The van der Waals surface area contributed by atoms with Crippen LogP contribution in [-0.2, 0) is 22.9 Å². The summed E-state index contributed by atoms with van der Waals surface area (Å²) in [5, 5.41) is 0.564. The van der Waals surface area contributed by atoms with Crippen LogP contribution in [0, 0.1) is 4.77 Å². The summed E-state index contributed by atoms with van der Waals surface area (Å²) in [5.41, 5.74) is 0.644. The van der Waals surface area contributed by atoms with Crippen LogP contribution >= 0.6 is 23.6 Å². The molecule has 2 N–H and O–H groups in total. The predicted molar refractivity (Wildman–Crippen MR) is 82.1 cm³/mol. The number of nitrogens with zero attached hydrogens (tertiary/aromatic N) is 1. The number of sulfonamides is 1. The predicted octanol–water partition coefficient (Wildman–Crippen LogP) is 1.50. The minimum atomic E-state index is -3.57. The van der Waals surface area contributed by atoms with E-state index in [1.165, 1.54) is 4.88 Å². The fraction of sp³-hybridized carbons (Fsp3) is 0.455. The zero-order chi connectivity index (χ0) is 14.5. The van der Waals surface area contributed by atoms with Crippen LogP contribution in [0.5, 0.6) is 0 Å². The first-order valence-electron chi connectivity index (χ1n) is 6.14. The van der Waals surface area contributed by atoms with Gasteiger partial charge in [0.25, 0.3) is 5.56 Å². The number of H-pyrrole nitrogens is 1. The summed E-state index contributed by atoms with van der Waals surface area (Å²) in [6.07, 6.45) is 4.98. The normalized spacial score (nSPS) is 15.2. The first-order valence-corrected chi connectivity index (χ1v) is 9.26. The van der Waals surface area contributed by atoms with Gasteiger partial charge >= 0.3 is 0 Å². The lowest BCUT2D eigenvalue weighted by Crippen LogP contribution is -2.33. The largest absolute Gasteiger partial charge is 0.322 e. The van der Waals surface area contributed by atoms with Crippen molar-refractivity contribution in [1.29, 1.82) is 0 Å². The molecule has 0 aliphatic heterocycles. The van der Waals surface area contributed by atoms with Crippen LogP contribution in [0.25, 0.3) is 10.2 Å². The van der Waals surface area contributed by atoms with E-state index in [0.29, 0.717) is 5.39 Å². The average molecular weight is 331 g/mol. The molecule has 0 atom stereocenters. The summed E-state index contributed by atoms with van der Waals surface area (Å²) in [6.45, 7) is 0. The van der Waals surface area contributed by atoms with Gasteiger partial charge in [-0.3, -0.25) is 4.79 Å². The molecule has 0 unspecified atom stereocenters. The van der Waals surface area contributed by atoms with Crippen molar-refractivity contribution in [3.05, 3.63) is 25.6 Å². The van der Waals surface area contributed by atoms with Gasteiger partial charge in [-0.2, -0.15) is 4.68 Å². The first kappa shape index (κ1) is 13.8. The Hall–Kier alpha value is -1.19. The van der Waals surface area contributed by atoms with Gasteiger partial charge in [0, 0.05) is 4.88 Å². The molecule has 2 aromatic heterocycles. The number of fused-ring (bicyclic) bond motifs is 3. The smallest absolute Gasteiger partial charge is 0.282 e. The minimum absolute atomic E-state index is 0.0616. The van der Waals surface area contributed by atoms with E-state index in [-0.39, 0.29) is 4.77 Å². The molecule has 0 aromatic carbocycles. The number of hydrogen-bond donors (Lipinski definition) is 2. The number of aryl methyl sites for hydroxylation is 2. The van der Waals surface area contributed by atoms with Gasteiger partial charge < -0.3 is 4.98 Å². The van der Waals surface area contributed by atoms with Gasteiger partial charge in [-0.05, 0) is 43.5 Å². The Labute approximate surface area is 124 Å². The summed E-state index contributed by atoms with van der Waals surface area (Å²) < 4.78 is 23.6. The standard InChI is InChI=1S/C11H13N3O3S3/c1-20(16,17)13-14-10(15)8-6-4-2-3-5-7(6)19-9(8)12-11(14)18/h13H,2-5H2,1H3,(H,12,18). The molecule has 20 heavy (non-hydrogen) atoms. The third kappa shape index (κ3) is 2.29. The van der Waals surface area contributed by atoms with E-state index < -0.39 is 15.6 Å². The van der Waals surface area contributed by atoms with Gasteiger partial charge in [-0.15, -0.1) is 11.3 Å². The van der Waals surface area contributed by atoms with Gasteiger partial charge in [-0.25, -0.2) is 13.2 Å². The van der Waals surface area contributed by atoms with Crippen LogP contribution in [0.2, 0.25) is 0 Å². The molecule has 108 valence electrons. The van der Waals surface area contributed by atoms with Crippen LogP contribution in [0.15, 0.2) is 4.79 Å².